The number of sulfonamides is 1. The molecule has 1 aromatic heterocycles. The highest BCUT2D eigenvalue weighted by Gasteiger charge is 2.15. The molecule has 2 aromatic rings. The first-order valence-corrected chi connectivity index (χ1v) is 8.45. The van der Waals surface area contributed by atoms with Gasteiger partial charge in [0.25, 0.3) is 10.0 Å². The number of halogens is 2. The van der Waals surface area contributed by atoms with Gasteiger partial charge in [0, 0.05) is 27.4 Å². The second-order valence-corrected chi connectivity index (χ2v) is 7.34. The molecule has 8 heteroatoms. The van der Waals surface area contributed by atoms with Gasteiger partial charge in [-0.1, -0.05) is 15.9 Å². The van der Waals surface area contributed by atoms with E-state index < -0.39 is 10.0 Å². The van der Waals surface area contributed by atoms with Gasteiger partial charge in [0.2, 0.25) is 0 Å². The van der Waals surface area contributed by atoms with Crippen molar-refractivity contribution < 1.29 is 13.2 Å². The molecule has 0 saturated heterocycles. The Morgan fingerprint density at radius 1 is 1.10 bits per heavy atom. The Labute approximate surface area is 133 Å². The number of benzene rings is 1. The number of methoxy groups -OCH3 is 1. The highest BCUT2D eigenvalue weighted by atomic mass is 79.9. The number of hydrogen-bond donors (Lipinski definition) is 1. The highest BCUT2D eigenvalue weighted by molar-refractivity contribution is 9.10. The van der Waals surface area contributed by atoms with Gasteiger partial charge in [-0.15, -0.1) is 0 Å². The molecular weight excluding hydrogens is 412 g/mol. The van der Waals surface area contributed by atoms with E-state index in [4.69, 9.17) is 4.74 Å². The molecule has 0 aliphatic carbocycles. The van der Waals surface area contributed by atoms with Crippen LogP contribution in [-0.4, -0.2) is 20.5 Å². The Morgan fingerprint density at radius 3 is 2.50 bits per heavy atom. The Balaban J connectivity index is 2.35. The average molecular weight is 422 g/mol. The molecular formula is C12H10Br2N2O3S. The second kappa shape index (κ2) is 6.11. The van der Waals surface area contributed by atoms with Gasteiger partial charge < -0.3 is 4.74 Å². The molecule has 0 amide bonds. The number of nitrogens with zero attached hydrogens (tertiary/aromatic N) is 1. The Kier molecular flexibility index (Phi) is 4.66. The average Bonchev–Trinajstić information content (AvgIpc) is 2.37. The number of aromatic nitrogens is 1. The van der Waals surface area contributed by atoms with Crippen LogP contribution in [0.5, 0.6) is 5.75 Å². The summed E-state index contributed by atoms with van der Waals surface area (Å²) in [6.45, 7) is 0. The Morgan fingerprint density at radius 2 is 1.85 bits per heavy atom. The predicted octanol–water partition coefficient (Wildman–Crippen LogP) is 3.42. The van der Waals surface area contributed by atoms with Crippen LogP contribution in [0, 0.1) is 0 Å². The zero-order valence-electron chi connectivity index (χ0n) is 10.3. The second-order valence-electron chi connectivity index (χ2n) is 3.82. The quantitative estimate of drug-likeness (QED) is 0.821. The van der Waals surface area contributed by atoms with Crippen molar-refractivity contribution in [3.63, 3.8) is 0 Å². The van der Waals surface area contributed by atoms with Gasteiger partial charge in [-0.3, -0.25) is 9.71 Å². The van der Waals surface area contributed by atoms with Gasteiger partial charge >= 0.3 is 0 Å². The normalized spacial score (nSPS) is 11.2. The Bertz CT molecular complexity index is 735. The Hall–Kier alpha value is -1.12. The van der Waals surface area contributed by atoms with Crippen LogP contribution in [0.25, 0.3) is 0 Å². The van der Waals surface area contributed by atoms with Crippen LogP contribution in [0.4, 0.5) is 5.69 Å². The summed E-state index contributed by atoms with van der Waals surface area (Å²) in [7, 11) is -2.18. The molecule has 0 saturated carbocycles. The summed E-state index contributed by atoms with van der Waals surface area (Å²) in [5.41, 5.74) is 0.399. The summed E-state index contributed by atoms with van der Waals surface area (Å²) in [6, 6.07) is 6.45. The molecule has 0 spiro atoms. The molecule has 1 N–H and O–H groups in total. The number of rotatable bonds is 4. The molecule has 5 nitrogen and oxygen atoms in total. The number of pyridine rings is 1. The number of hydrogen-bond acceptors (Lipinski definition) is 4. The van der Waals surface area contributed by atoms with Crippen molar-refractivity contribution in [1.82, 2.24) is 4.98 Å². The molecule has 2 rings (SSSR count). The lowest BCUT2D eigenvalue weighted by molar-refractivity contribution is 0.415. The lowest BCUT2D eigenvalue weighted by Crippen LogP contribution is -2.13. The smallest absolute Gasteiger partial charge is 0.263 e. The maximum Gasteiger partial charge on any atom is 0.263 e. The van der Waals surface area contributed by atoms with Crippen LogP contribution in [0.2, 0.25) is 0 Å². The first-order chi connectivity index (χ1) is 9.40. The third kappa shape index (κ3) is 3.71. The van der Waals surface area contributed by atoms with E-state index in [9.17, 15) is 8.42 Å². The zero-order chi connectivity index (χ0) is 14.8. The van der Waals surface area contributed by atoms with Gasteiger partial charge in [-0.25, -0.2) is 8.42 Å². The molecule has 20 heavy (non-hydrogen) atoms. The number of nitrogens with one attached hydrogen (secondary N) is 1. The van der Waals surface area contributed by atoms with Crippen molar-refractivity contribution in [1.29, 1.82) is 0 Å². The van der Waals surface area contributed by atoms with Crippen LogP contribution in [0.15, 0.2) is 50.5 Å². The molecule has 0 radical (unpaired) electrons. The van der Waals surface area contributed by atoms with E-state index in [0.717, 1.165) is 0 Å². The van der Waals surface area contributed by atoms with Crippen molar-refractivity contribution in [2.24, 2.45) is 0 Å². The summed E-state index contributed by atoms with van der Waals surface area (Å²) in [4.78, 5) is 3.92. The molecule has 0 unspecified atom stereocenters. The van der Waals surface area contributed by atoms with Crippen molar-refractivity contribution >= 4 is 47.6 Å². The van der Waals surface area contributed by atoms with Crippen LogP contribution >= 0.6 is 31.9 Å². The van der Waals surface area contributed by atoms with E-state index >= 15 is 0 Å². The molecule has 0 aliphatic heterocycles. The highest BCUT2D eigenvalue weighted by Crippen LogP contribution is 2.26. The van der Waals surface area contributed by atoms with E-state index in [0.29, 0.717) is 20.4 Å². The summed E-state index contributed by atoms with van der Waals surface area (Å²) >= 11 is 6.49. The van der Waals surface area contributed by atoms with E-state index in [1.807, 2.05) is 0 Å². The summed E-state index contributed by atoms with van der Waals surface area (Å²) < 4.78 is 33.3. The van der Waals surface area contributed by atoms with Gasteiger partial charge in [-0.2, -0.15) is 0 Å². The molecule has 0 atom stereocenters. The summed E-state index contributed by atoms with van der Waals surface area (Å²) in [6.07, 6.45) is 2.80. The molecule has 106 valence electrons. The molecule has 1 heterocycles. The predicted molar refractivity (Wildman–Crippen MR) is 83.4 cm³/mol. The molecule has 1 aromatic carbocycles. The third-order valence-corrected chi connectivity index (χ3v) is 4.59. The van der Waals surface area contributed by atoms with E-state index in [1.54, 1.807) is 18.2 Å². The minimum absolute atomic E-state index is 0.0748. The monoisotopic (exact) mass is 420 g/mol. The lowest BCUT2D eigenvalue weighted by Gasteiger charge is -2.10. The van der Waals surface area contributed by atoms with Crippen LogP contribution in [0.1, 0.15) is 0 Å². The topological polar surface area (TPSA) is 68.3 Å². The molecule has 0 aliphatic rings. The van der Waals surface area contributed by atoms with Gasteiger partial charge in [0.05, 0.1) is 12.8 Å². The fourth-order valence-corrected chi connectivity index (χ4v) is 3.51. The van der Waals surface area contributed by atoms with Gasteiger partial charge in [0.1, 0.15) is 10.6 Å². The first-order valence-electron chi connectivity index (χ1n) is 5.39. The maximum absolute atomic E-state index is 12.2. The maximum atomic E-state index is 12.2. The fraction of sp³-hybridized carbons (Fsp3) is 0.0833. The first kappa shape index (κ1) is 15.3. The lowest BCUT2D eigenvalue weighted by atomic mass is 10.3. The van der Waals surface area contributed by atoms with Gasteiger partial charge in [-0.05, 0) is 34.1 Å². The van der Waals surface area contributed by atoms with Crippen LogP contribution in [-0.2, 0) is 10.0 Å². The summed E-state index contributed by atoms with van der Waals surface area (Å²) in [5, 5.41) is 0. The van der Waals surface area contributed by atoms with E-state index in [2.05, 4.69) is 41.6 Å². The van der Waals surface area contributed by atoms with Crippen molar-refractivity contribution in [3.8, 4) is 5.75 Å². The van der Waals surface area contributed by atoms with Crippen molar-refractivity contribution in [2.75, 3.05) is 11.8 Å². The van der Waals surface area contributed by atoms with Crippen LogP contribution in [0.3, 0.4) is 0 Å². The molecule has 0 bridgehead atoms. The third-order valence-electron chi connectivity index (χ3n) is 2.35. The largest absolute Gasteiger partial charge is 0.497 e. The number of ether oxygens (including phenoxy) is 1. The zero-order valence-corrected chi connectivity index (χ0v) is 14.3. The van der Waals surface area contributed by atoms with Crippen LogP contribution < -0.4 is 9.46 Å². The number of anilines is 1. The minimum atomic E-state index is -3.70. The van der Waals surface area contributed by atoms with Crippen molar-refractivity contribution in [3.05, 3.63) is 45.6 Å². The minimum Gasteiger partial charge on any atom is -0.497 e. The fourth-order valence-electron chi connectivity index (χ4n) is 1.49. The van der Waals surface area contributed by atoms with E-state index in [-0.39, 0.29) is 4.90 Å². The SMILES string of the molecule is COc1cc(Br)cc(NS(=O)(=O)c2cncc(Br)c2)c1. The summed E-state index contributed by atoms with van der Waals surface area (Å²) in [5.74, 6) is 0.546. The standard InChI is InChI=1S/C12H10Br2N2O3S/c1-19-11-3-8(13)2-10(5-11)16-20(17,18)12-4-9(14)6-15-7-12/h2-7,16H,1H3. The van der Waals surface area contributed by atoms with E-state index in [1.165, 1.54) is 25.6 Å². The van der Waals surface area contributed by atoms with Crippen molar-refractivity contribution in [2.45, 2.75) is 4.90 Å². The van der Waals surface area contributed by atoms with Gasteiger partial charge in [0.15, 0.2) is 0 Å². The molecule has 0 fully saturated rings.